The number of fused-ring (bicyclic) bond motifs is 10. The number of hydrogen-bond donors (Lipinski definition) is 9. The van der Waals surface area contributed by atoms with Crippen LogP contribution in [0.2, 0.25) is 0 Å². The fourth-order valence-electron chi connectivity index (χ4n) is 7.66. The van der Waals surface area contributed by atoms with E-state index >= 15 is 0 Å². The highest BCUT2D eigenvalue weighted by atomic mass is 16.7. The molecule has 5 heterocycles. The number of aliphatic hydroxyl groups excluding tert-OH is 7. The summed E-state index contributed by atoms with van der Waals surface area (Å²) in [4.78, 5) is 33.2. The van der Waals surface area contributed by atoms with Crippen molar-refractivity contribution in [2.75, 3.05) is 26.4 Å². The number of ether oxygens (including phenoxy) is 3. The van der Waals surface area contributed by atoms with Crippen LogP contribution in [-0.2, 0) is 14.2 Å². The van der Waals surface area contributed by atoms with E-state index < -0.39 is 86.3 Å². The summed E-state index contributed by atoms with van der Waals surface area (Å²) in [5.41, 5.74) is 8.26. The number of carbonyl (C=O) groups is 2. The average Bonchev–Trinajstić information content (AvgIpc) is 3.75. The van der Waals surface area contributed by atoms with Crippen molar-refractivity contribution in [2.45, 2.75) is 61.3 Å². The largest absolute Gasteiger partial charge is 0.394 e. The van der Waals surface area contributed by atoms with Gasteiger partial charge in [-0.2, -0.15) is 0 Å². The van der Waals surface area contributed by atoms with Crippen LogP contribution in [0.15, 0.2) is 48.5 Å². The van der Waals surface area contributed by atoms with Crippen molar-refractivity contribution in [2.24, 2.45) is 5.73 Å². The summed E-state index contributed by atoms with van der Waals surface area (Å²) in [5.74, 6) is -1.22. The number of para-hydroxylation sites is 2. The second-order valence-corrected chi connectivity index (χ2v) is 12.9. The molecule has 0 bridgehead atoms. The van der Waals surface area contributed by atoms with Crippen LogP contribution in [0.4, 0.5) is 0 Å². The second kappa shape index (κ2) is 12.3. The third kappa shape index (κ3) is 4.66. The molecule has 50 heavy (non-hydrogen) atoms. The number of aromatic amines is 1. The molecule has 5 aromatic rings. The molecule has 0 unspecified atom stereocenters. The summed E-state index contributed by atoms with van der Waals surface area (Å²) >= 11 is 0. The molecule has 3 aliphatic rings. The van der Waals surface area contributed by atoms with E-state index in [-0.39, 0.29) is 24.3 Å². The molecule has 10 N–H and O–H groups in total. The monoisotopic (exact) mass is 692 g/mol. The fraction of sp³-hybridized carbons (Fsp3) is 0.412. The molecule has 16 nitrogen and oxygen atoms in total. The molecule has 0 spiro atoms. The van der Waals surface area contributed by atoms with Crippen LogP contribution in [0.3, 0.4) is 0 Å². The maximum absolute atomic E-state index is 14.4. The highest BCUT2D eigenvalue weighted by Gasteiger charge is 2.48. The third-order valence-corrected chi connectivity index (χ3v) is 10.2. The minimum Gasteiger partial charge on any atom is -0.394 e. The number of H-pyrrole nitrogens is 1. The third-order valence-electron chi connectivity index (χ3n) is 10.2. The number of nitrogens with two attached hydrogens (primary N) is 1. The summed E-state index contributed by atoms with van der Waals surface area (Å²) in [6, 6.07) is 13.1. The van der Waals surface area contributed by atoms with Crippen molar-refractivity contribution < 1.29 is 59.5 Å². The van der Waals surface area contributed by atoms with Gasteiger partial charge < -0.3 is 65.2 Å². The van der Waals surface area contributed by atoms with Gasteiger partial charge in [0.25, 0.3) is 11.8 Å². The SMILES string of the molecule is N[C@H]1[C@@H](OCCN2C(=O)c3c(c4c5ccccc5n([C@@H]5O[C@H](CO)[C@@H](O)[C@H](O)[C@H]5O)c4c4[nH]c5ccccc5c34)C2=O)O[C@H](CO)[C@H](O)[C@@H]1O. The first-order valence-corrected chi connectivity index (χ1v) is 16.2. The maximum atomic E-state index is 14.4. The summed E-state index contributed by atoms with van der Waals surface area (Å²) < 4.78 is 18.9. The van der Waals surface area contributed by atoms with Crippen LogP contribution in [0.25, 0.3) is 43.6 Å². The van der Waals surface area contributed by atoms with Gasteiger partial charge in [0.15, 0.2) is 12.5 Å². The Morgan fingerprint density at radius 1 is 0.760 bits per heavy atom. The molecule has 10 atom stereocenters. The number of aromatic nitrogens is 2. The molecule has 0 aliphatic carbocycles. The first kappa shape index (κ1) is 33.1. The zero-order chi connectivity index (χ0) is 35.2. The molecule has 2 saturated heterocycles. The summed E-state index contributed by atoms with van der Waals surface area (Å²) in [7, 11) is 0. The molecule has 16 heteroatoms. The topological polar surface area (TPSA) is 253 Å². The number of benzene rings is 3. The first-order valence-electron chi connectivity index (χ1n) is 16.2. The number of carbonyl (C=O) groups excluding carboxylic acids is 2. The Morgan fingerprint density at radius 2 is 1.38 bits per heavy atom. The van der Waals surface area contributed by atoms with E-state index in [0.29, 0.717) is 43.6 Å². The van der Waals surface area contributed by atoms with Crippen LogP contribution >= 0.6 is 0 Å². The van der Waals surface area contributed by atoms with Crippen molar-refractivity contribution >= 4 is 55.4 Å². The molecule has 264 valence electrons. The molecule has 2 fully saturated rings. The van der Waals surface area contributed by atoms with Gasteiger partial charge in [-0.1, -0.05) is 36.4 Å². The lowest BCUT2D eigenvalue weighted by Crippen LogP contribution is -2.62. The molecule has 0 saturated carbocycles. The average molecular weight is 693 g/mol. The van der Waals surface area contributed by atoms with Gasteiger partial charge in [0.05, 0.1) is 60.1 Å². The van der Waals surface area contributed by atoms with Crippen LogP contribution in [-0.4, -0.2) is 143 Å². The number of imide groups is 1. The van der Waals surface area contributed by atoms with Crippen molar-refractivity contribution in [3.63, 3.8) is 0 Å². The Bertz CT molecular complexity index is 2140. The molecular formula is C34H36N4O12. The Labute approximate surface area is 282 Å². The van der Waals surface area contributed by atoms with Crippen molar-refractivity contribution in [3.05, 3.63) is 59.7 Å². The number of nitrogens with one attached hydrogen (secondary N) is 1. The van der Waals surface area contributed by atoms with Gasteiger partial charge in [-0.05, 0) is 12.1 Å². The van der Waals surface area contributed by atoms with Crippen molar-refractivity contribution in [3.8, 4) is 0 Å². The molecular weight excluding hydrogens is 656 g/mol. The standard InChI is InChI=1S/C34H36N4O12/c35-23-28(43)26(41)18(12-40)50-34(23)48-10-9-37-31(46)21-19-13-5-1-3-7-15(13)36-24(19)25-20(22(21)32(37)47)14-6-2-4-8-16(14)38(25)33-30(45)29(44)27(42)17(11-39)49-33/h1-8,17-18,23,26-30,33-34,36,39-45H,9-12,35H2/t17-,18-,23-,26+,27-,28-,29+,30-,33-,34+/m1/s1. The van der Waals surface area contributed by atoms with Crippen LogP contribution in [0.1, 0.15) is 26.9 Å². The van der Waals surface area contributed by atoms with E-state index in [0.717, 1.165) is 4.90 Å². The molecule has 3 aromatic carbocycles. The summed E-state index contributed by atoms with van der Waals surface area (Å²) in [6.45, 7) is -1.73. The zero-order valence-electron chi connectivity index (χ0n) is 26.4. The van der Waals surface area contributed by atoms with E-state index in [4.69, 9.17) is 19.9 Å². The lowest BCUT2D eigenvalue weighted by atomic mass is 9.96. The van der Waals surface area contributed by atoms with Crippen LogP contribution < -0.4 is 5.73 Å². The van der Waals surface area contributed by atoms with Gasteiger partial charge >= 0.3 is 0 Å². The second-order valence-electron chi connectivity index (χ2n) is 12.9. The van der Waals surface area contributed by atoms with E-state index in [1.165, 1.54) is 0 Å². The van der Waals surface area contributed by atoms with Crippen LogP contribution in [0.5, 0.6) is 0 Å². The Balaban J connectivity index is 1.28. The molecule has 2 amide bonds. The first-order chi connectivity index (χ1) is 24.1. The predicted octanol–water partition coefficient (Wildman–Crippen LogP) is -1.22. The van der Waals surface area contributed by atoms with Gasteiger partial charge in [-0.25, -0.2) is 0 Å². The minimum atomic E-state index is -1.67. The smallest absolute Gasteiger partial charge is 0.262 e. The summed E-state index contributed by atoms with van der Waals surface area (Å²) in [6.07, 6.45) is -12.7. The molecule has 0 radical (unpaired) electrons. The van der Waals surface area contributed by atoms with E-state index in [1.807, 2.05) is 18.2 Å². The lowest BCUT2D eigenvalue weighted by Gasteiger charge is -2.41. The van der Waals surface area contributed by atoms with Gasteiger partial charge in [0, 0.05) is 27.1 Å². The van der Waals surface area contributed by atoms with E-state index in [9.17, 15) is 45.3 Å². The number of hydrogen-bond acceptors (Lipinski definition) is 13. The lowest BCUT2D eigenvalue weighted by molar-refractivity contribution is -0.265. The highest BCUT2D eigenvalue weighted by molar-refractivity contribution is 6.39. The van der Waals surface area contributed by atoms with Crippen molar-refractivity contribution in [1.82, 2.24) is 14.5 Å². The predicted molar refractivity (Wildman–Crippen MR) is 175 cm³/mol. The summed E-state index contributed by atoms with van der Waals surface area (Å²) in [5, 5.41) is 74.6. The quantitative estimate of drug-likeness (QED) is 0.0909. The Kier molecular flexibility index (Phi) is 8.17. The zero-order valence-corrected chi connectivity index (χ0v) is 26.4. The number of rotatable bonds is 7. The molecule has 8 rings (SSSR count). The van der Waals surface area contributed by atoms with Crippen LogP contribution in [0, 0.1) is 0 Å². The number of nitrogens with zero attached hydrogens (tertiary/aromatic N) is 2. The van der Waals surface area contributed by atoms with Gasteiger partial charge in [0.2, 0.25) is 0 Å². The Morgan fingerprint density at radius 3 is 2.10 bits per heavy atom. The number of aliphatic hydroxyl groups is 7. The van der Waals surface area contributed by atoms with Gasteiger partial charge in [0.1, 0.15) is 42.7 Å². The maximum Gasteiger partial charge on any atom is 0.262 e. The highest BCUT2D eigenvalue weighted by Crippen LogP contribution is 2.47. The molecule has 3 aliphatic heterocycles. The normalized spacial score (nSPS) is 31.9. The minimum absolute atomic E-state index is 0.103. The van der Waals surface area contributed by atoms with Gasteiger partial charge in [-0.15, -0.1) is 0 Å². The number of amides is 2. The van der Waals surface area contributed by atoms with Crippen molar-refractivity contribution in [1.29, 1.82) is 0 Å². The van der Waals surface area contributed by atoms with Gasteiger partial charge in [-0.3, -0.25) is 14.5 Å². The Hall–Kier alpha value is -4.04. The molecule has 2 aromatic heterocycles. The van der Waals surface area contributed by atoms with E-state index in [1.54, 1.807) is 34.9 Å². The fourth-order valence-corrected chi connectivity index (χ4v) is 7.66. The van der Waals surface area contributed by atoms with E-state index in [2.05, 4.69) is 4.98 Å².